The van der Waals surface area contributed by atoms with E-state index in [0.29, 0.717) is 29.2 Å². The van der Waals surface area contributed by atoms with E-state index < -0.39 is 0 Å². The number of aryl methyl sites for hydroxylation is 1. The van der Waals surface area contributed by atoms with E-state index in [2.05, 4.69) is 26.1 Å². The first-order valence-electron chi connectivity index (χ1n) is 8.17. The minimum atomic E-state index is -0.191. The van der Waals surface area contributed by atoms with Gasteiger partial charge in [0.25, 0.3) is 0 Å². The van der Waals surface area contributed by atoms with Gasteiger partial charge in [0, 0.05) is 12.1 Å². The molecule has 1 aromatic carbocycles. The molecular weight excluding hydrogens is 265 g/mol. The van der Waals surface area contributed by atoms with Gasteiger partial charge in [-0.15, -0.1) is 0 Å². The summed E-state index contributed by atoms with van der Waals surface area (Å²) < 4.78 is 19.8. The van der Waals surface area contributed by atoms with Crippen LogP contribution in [0.3, 0.4) is 0 Å². The van der Waals surface area contributed by atoms with Crippen LogP contribution in [-0.2, 0) is 0 Å². The molecule has 1 aromatic rings. The zero-order valence-corrected chi connectivity index (χ0v) is 13.7. The van der Waals surface area contributed by atoms with Gasteiger partial charge in [0.1, 0.15) is 17.7 Å². The maximum atomic E-state index is 13.7. The molecule has 0 bridgehead atoms. The SMILES string of the molecule is CCNC1CCC(C(C)C)CC1Oc1ccc(C)c(F)c1. The van der Waals surface area contributed by atoms with Crippen LogP contribution in [-0.4, -0.2) is 18.7 Å². The third-order valence-corrected chi connectivity index (χ3v) is 4.67. The Bertz CT molecular complexity index is 461. The lowest BCUT2D eigenvalue weighted by Gasteiger charge is -2.38. The highest BCUT2D eigenvalue weighted by molar-refractivity contribution is 5.28. The van der Waals surface area contributed by atoms with Crippen molar-refractivity contribution in [2.24, 2.45) is 11.8 Å². The second-order valence-electron chi connectivity index (χ2n) is 6.55. The first-order valence-corrected chi connectivity index (χ1v) is 8.17. The summed E-state index contributed by atoms with van der Waals surface area (Å²) >= 11 is 0. The molecule has 1 saturated carbocycles. The fourth-order valence-electron chi connectivity index (χ4n) is 3.21. The molecule has 0 saturated heterocycles. The van der Waals surface area contributed by atoms with Gasteiger partial charge in [-0.25, -0.2) is 4.39 Å². The predicted octanol–water partition coefficient (Wildman–Crippen LogP) is 4.32. The summed E-state index contributed by atoms with van der Waals surface area (Å²) in [6.45, 7) is 9.40. The molecule has 3 atom stereocenters. The van der Waals surface area contributed by atoms with Crippen molar-refractivity contribution in [1.82, 2.24) is 5.32 Å². The van der Waals surface area contributed by atoms with Crippen molar-refractivity contribution in [3.63, 3.8) is 0 Å². The monoisotopic (exact) mass is 293 g/mol. The van der Waals surface area contributed by atoms with Gasteiger partial charge < -0.3 is 10.1 Å². The molecule has 3 heteroatoms. The van der Waals surface area contributed by atoms with Crippen LogP contribution >= 0.6 is 0 Å². The zero-order chi connectivity index (χ0) is 15.4. The molecular formula is C18H28FNO. The van der Waals surface area contributed by atoms with Crippen molar-refractivity contribution < 1.29 is 9.13 Å². The van der Waals surface area contributed by atoms with Crippen LogP contribution in [0.1, 0.15) is 45.6 Å². The Kier molecular flexibility index (Phi) is 5.63. The molecule has 3 unspecified atom stereocenters. The van der Waals surface area contributed by atoms with E-state index in [4.69, 9.17) is 4.74 Å². The van der Waals surface area contributed by atoms with Gasteiger partial charge in [0.05, 0.1) is 0 Å². The summed E-state index contributed by atoms with van der Waals surface area (Å²) in [5.74, 6) is 1.83. The first kappa shape index (κ1) is 16.3. The topological polar surface area (TPSA) is 21.3 Å². The van der Waals surface area contributed by atoms with Crippen LogP contribution in [0.25, 0.3) is 0 Å². The molecule has 1 N–H and O–H groups in total. The smallest absolute Gasteiger partial charge is 0.129 e. The largest absolute Gasteiger partial charge is 0.489 e. The lowest BCUT2D eigenvalue weighted by atomic mass is 9.78. The molecule has 1 fully saturated rings. The molecule has 0 radical (unpaired) electrons. The van der Waals surface area contributed by atoms with Crippen LogP contribution in [0.15, 0.2) is 18.2 Å². The average Bonchev–Trinajstić information content (AvgIpc) is 2.45. The fraction of sp³-hybridized carbons (Fsp3) is 0.667. The molecule has 0 heterocycles. The number of halogens is 1. The van der Waals surface area contributed by atoms with Crippen LogP contribution in [0.2, 0.25) is 0 Å². The van der Waals surface area contributed by atoms with Crippen LogP contribution < -0.4 is 10.1 Å². The van der Waals surface area contributed by atoms with Crippen LogP contribution in [0.5, 0.6) is 5.75 Å². The minimum absolute atomic E-state index is 0.133. The number of nitrogens with one attached hydrogen (secondary N) is 1. The van der Waals surface area contributed by atoms with Crippen molar-refractivity contribution in [3.8, 4) is 5.75 Å². The van der Waals surface area contributed by atoms with Gasteiger partial charge in [-0.05, 0) is 56.2 Å². The molecule has 0 aromatic heterocycles. The lowest BCUT2D eigenvalue weighted by molar-refractivity contribution is 0.0723. The van der Waals surface area contributed by atoms with E-state index in [9.17, 15) is 4.39 Å². The van der Waals surface area contributed by atoms with Crippen LogP contribution in [0.4, 0.5) is 4.39 Å². The quantitative estimate of drug-likeness (QED) is 0.873. The molecule has 2 rings (SSSR count). The summed E-state index contributed by atoms with van der Waals surface area (Å²) in [7, 11) is 0. The van der Waals surface area contributed by atoms with Gasteiger partial charge in [0.15, 0.2) is 0 Å². The molecule has 1 aliphatic rings. The predicted molar refractivity (Wildman–Crippen MR) is 85.2 cm³/mol. The van der Waals surface area contributed by atoms with E-state index in [1.165, 1.54) is 12.5 Å². The molecule has 0 amide bonds. The van der Waals surface area contributed by atoms with Crippen molar-refractivity contribution >= 4 is 0 Å². The number of benzene rings is 1. The molecule has 2 nitrogen and oxygen atoms in total. The number of likely N-dealkylation sites (N-methyl/N-ethyl adjacent to an activating group) is 1. The fourth-order valence-corrected chi connectivity index (χ4v) is 3.21. The van der Waals surface area contributed by atoms with Crippen molar-refractivity contribution in [3.05, 3.63) is 29.6 Å². The normalized spacial score (nSPS) is 26.1. The van der Waals surface area contributed by atoms with Gasteiger partial charge in [-0.1, -0.05) is 26.8 Å². The maximum absolute atomic E-state index is 13.7. The van der Waals surface area contributed by atoms with Gasteiger partial charge in [0.2, 0.25) is 0 Å². The maximum Gasteiger partial charge on any atom is 0.129 e. The Hall–Kier alpha value is -1.09. The third-order valence-electron chi connectivity index (χ3n) is 4.67. The molecule has 0 spiro atoms. The summed E-state index contributed by atoms with van der Waals surface area (Å²) in [6.07, 6.45) is 3.56. The Morgan fingerprint density at radius 3 is 2.71 bits per heavy atom. The van der Waals surface area contributed by atoms with E-state index >= 15 is 0 Å². The Morgan fingerprint density at radius 2 is 2.10 bits per heavy atom. The Morgan fingerprint density at radius 1 is 1.33 bits per heavy atom. The number of ether oxygens (including phenoxy) is 1. The van der Waals surface area contributed by atoms with E-state index in [1.807, 2.05) is 6.07 Å². The first-order chi connectivity index (χ1) is 10.0. The summed E-state index contributed by atoms with van der Waals surface area (Å²) in [5, 5.41) is 3.52. The Balaban J connectivity index is 2.09. The highest BCUT2D eigenvalue weighted by atomic mass is 19.1. The second kappa shape index (κ2) is 7.26. The highest BCUT2D eigenvalue weighted by Crippen LogP contribution is 2.33. The van der Waals surface area contributed by atoms with Crippen molar-refractivity contribution in [1.29, 1.82) is 0 Å². The minimum Gasteiger partial charge on any atom is -0.489 e. The summed E-state index contributed by atoms with van der Waals surface area (Å²) in [6, 6.07) is 5.54. The lowest BCUT2D eigenvalue weighted by Crippen LogP contribution is -2.47. The number of rotatable bonds is 5. The third kappa shape index (κ3) is 4.19. The second-order valence-corrected chi connectivity index (χ2v) is 6.55. The van der Waals surface area contributed by atoms with Crippen molar-refractivity contribution in [2.75, 3.05) is 6.54 Å². The highest BCUT2D eigenvalue weighted by Gasteiger charge is 2.32. The molecule has 1 aliphatic carbocycles. The van der Waals surface area contributed by atoms with Crippen molar-refractivity contribution in [2.45, 2.75) is 59.1 Å². The zero-order valence-electron chi connectivity index (χ0n) is 13.7. The standard InChI is InChI=1S/C18H28FNO/c1-5-20-17-9-7-14(12(2)3)10-18(17)21-15-8-6-13(4)16(19)11-15/h6,8,11-12,14,17-18,20H,5,7,9-10H2,1-4H3. The number of hydrogen-bond donors (Lipinski definition) is 1. The van der Waals surface area contributed by atoms with E-state index in [0.717, 1.165) is 19.4 Å². The van der Waals surface area contributed by atoms with Gasteiger partial charge in [-0.3, -0.25) is 0 Å². The average molecular weight is 293 g/mol. The molecule has 21 heavy (non-hydrogen) atoms. The summed E-state index contributed by atoms with van der Waals surface area (Å²) in [5.41, 5.74) is 0.661. The number of hydrogen-bond acceptors (Lipinski definition) is 2. The Labute approximate surface area is 128 Å². The molecule has 0 aliphatic heterocycles. The van der Waals surface area contributed by atoms with Crippen LogP contribution in [0, 0.1) is 24.6 Å². The van der Waals surface area contributed by atoms with E-state index in [-0.39, 0.29) is 11.9 Å². The van der Waals surface area contributed by atoms with Gasteiger partial charge in [-0.2, -0.15) is 0 Å². The molecule has 118 valence electrons. The van der Waals surface area contributed by atoms with Gasteiger partial charge >= 0.3 is 0 Å². The van der Waals surface area contributed by atoms with E-state index in [1.54, 1.807) is 13.0 Å². The summed E-state index contributed by atoms with van der Waals surface area (Å²) in [4.78, 5) is 0.